The summed E-state index contributed by atoms with van der Waals surface area (Å²) in [6.07, 6.45) is -5.06. The predicted molar refractivity (Wildman–Crippen MR) is 57.7 cm³/mol. The van der Waals surface area contributed by atoms with Gasteiger partial charge in [-0.15, -0.1) is 0 Å². The fraction of sp³-hybridized carbons (Fsp3) is 0.111. The molecule has 0 heterocycles. The first-order chi connectivity index (χ1) is 7.30. The Bertz CT molecular complexity index is 414. The molecule has 3 nitrogen and oxygen atoms in total. The number of carbonyl (C=O) groups is 2. The molecule has 2 amide bonds. The van der Waals surface area contributed by atoms with Crippen molar-refractivity contribution in [2.24, 2.45) is 0 Å². The molecular weight excluding hydrogens is 338 g/mol. The van der Waals surface area contributed by atoms with E-state index in [1.807, 2.05) is 22.6 Å². The van der Waals surface area contributed by atoms with Gasteiger partial charge in [-0.2, -0.15) is 13.2 Å². The molecule has 0 saturated heterocycles. The third-order valence-electron chi connectivity index (χ3n) is 1.59. The minimum absolute atomic E-state index is 0.00184. The summed E-state index contributed by atoms with van der Waals surface area (Å²) < 4.78 is 36.3. The first-order valence-corrected chi connectivity index (χ1v) is 5.06. The Morgan fingerprint density at radius 2 is 1.62 bits per heavy atom. The van der Waals surface area contributed by atoms with E-state index >= 15 is 0 Å². The number of rotatable bonds is 1. The third kappa shape index (κ3) is 3.47. The van der Waals surface area contributed by atoms with Crippen molar-refractivity contribution in [3.63, 3.8) is 0 Å². The highest BCUT2D eigenvalue weighted by molar-refractivity contribution is 14.1. The molecule has 0 unspecified atom stereocenters. The first-order valence-electron chi connectivity index (χ1n) is 3.99. The van der Waals surface area contributed by atoms with Crippen LogP contribution in [0.15, 0.2) is 24.3 Å². The molecule has 0 aliphatic carbocycles. The van der Waals surface area contributed by atoms with Crippen LogP contribution in [0, 0.1) is 3.57 Å². The zero-order chi connectivity index (χ0) is 12.3. The van der Waals surface area contributed by atoms with Crippen molar-refractivity contribution in [2.75, 3.05) is 0 Å². The summed E-state index contributed by atoms with van der Waals surface area (Å²) in [4.78, 5) is 21.6. The maximum atomic E-state index is 11.8. The Labute approximate surface area is 102 Å². The monoisotopic (exact) mass is 343 g/mol. The summed E-state index contributed by atoms with van der Waals surface area (Å²) in [7, 11) is 0. The molecule has 1 aromatic rings. The minimum Gasteiger partial charge on any atom is -0.284 e. The van der Waals surface area contributed by atoms with Crippen molar-refractivity contribution in [2.45, 2.75) is 6.18 Å². The molecular formula is C9H5F3INO2. The van der Waals surface area contributed by atoms with Crippen molar-refractivity contribution in [1.82, 2.24) is 5.32 Å². The second-order valence-electron chi connectivity index (χ2n) is 2.79. The molecule has 16 heavy (non-hydrogen) atoms. The normalized spacial score (nSPS) is 11.0. The van der Waals surface area contributed by atoms with E-state index in [1.165, 1.54) is 17.4 Å². The number of benzene rings is 1. The lowest BCUT2D eigenvalue weighted by Gasteiger charge is -2.06. The van der Waals surface area contributed by atoms with Crippen LogP contribution in [0.5, 0.6) is 0 Å². The number of hydrogen-bond acceptors (Lipinski definition) is 2. The van der Waals surface area contributed by atoms with E-state index in [2.05, 4.69) is 0 Å². The number of alkyl halides is 3. The van der Waals surface area contributed by atoms with Gasteiger partial charge >= 0.3 is 12.1 Å². The van der Waals surface area contributed by atoms with Gasteiger partial charge in [0.15, 0.2) is 0 Å². The van der Waals surface area contributed by atoms with Crippen LogP contribution in [-0.2, 0) is 4.79 Å². The molecule has 0 saturated carbocycles. The zero-order valence-corrected chi connectivity index (χ0v) is 9.80. The Balaban J connectivity index is 2.74. The number of imide groups is 1. The summed E-state index contributed by atoms with van der Waals surface area (Å²) >= 11 is 1.98. The molecule has 0 radical (unpaired) electrons. The number of amides is 2. The average molecular weight is 343 g/mol. The van der Waals surface area contributed by atoms with Crippen LogP contribution in [0.1, 0.15) is 10.4 Å². The lowest BCUT2D eigenvalue weighted by atomic mass is 10.2. The summed E-state index contributed by atoms with van der Waals surface area (Å²) in [6.45, 7) is 0. The van der Waals surface area contributed by atoms with E-state index in [1.54, 1.807) is 12.1 Å². The van der Waals surface area contributed by atoms with Crippen molar-refractivity contribution in [3.05, 3.63) is 33.4 Å². The molecule has 0 fully saturated rings. The number of hydrogen-bond donors (Lipinski definition) is 1. The molecule has 0 aliphatic heterocycles. The van der Waals surface area contributed by atoms with Gasteiger partial charge in [0.1, 0.15) is 0 Å². The summed E-state index contributed by atoms with van der Waals surface area (Å²) in [5.74, 6) is -3.34. The second-order valence-corrected chi connectivity index (χ2v) is 4.03. The Kier molecular flexibility index (Phi) is 3.89. The third-order valence-corrected chi connectivity index (χ3v) is 2.31. The molecule has 0 spiro atoms. The molecule has 0 atom stereocenters. The van der Waals surface area contributed by atoms with Crippen molar-refractivity contribution >= 4 is 34.4 Å². The molecule has 1 aromatic carbocycles. The quantitative estimate of drug-likeness (QED) is 0.794. The highest BCUT2D eigenvalue weighted by atomic mass is 127. The van der Waals surface area contributed by atoms with Crippen LogP contribution in [-0.4, -0.2) is 18.0 Å². The molecule has 86 valence electrons. The number of nitrogens with one attached hydrogen (secondary N) is 1. The molecule has 1 N–H and O–H groups in total. The maximum absolute atomic E-state index is 11.8. The fourth-order valence-corrected chi connectivity index (χ4v) is 1.21. The highest BCUT2D eigenvalue weighted by Crippen LogP contribution is 2.14. The van der Waals surface area contributed by atoms with Crippen LogP contribution in [0.3, 0.4) is 0 Å². The molecule has 0 bridgehead atoms. The van der Waals surface area contributed by atoms with Crippen LogP contribution in [0.25, 0.3) is 0 Å². The van der Waals surface area contributed by atoms with Gasteiger partial charge in [-0.1, -0.05) is 0 Å². The smallest absolute Gasteiger partial charge is 0.284 e. The standard InChI is InChI=1S/C9H5F3INO2/c10-9(11,12)8(16)14-7(15)5-1-3-6(13)4-2-5/h1-4H,(H,14,15,16). The van der Waals surface area contributed by atoms with E-state index in [-0.39, 0.29) is 5.56 Å². The van der Waals surface area contributed by atoms with Crippen molar-refractivity contribution in [3.8, 4) is 0 Å². The Morgan fingerprint density at radius 1 is 1.12 bits per heavy atom. The largest absolute Gasteiger partial charge is 0.471 e. The van der Waals surface area contributed by atoms with Gasteiger partial charge in [0.25, 0.3) is 5.91 Å². The number of halogens is 4. The van der Waals surface area contributed by atoms with E-state index in [4.69, 9.17) is 0 Å². The minimum atomic E-state index is -5.06. The van der Waals surface area contributed by atoms with E-state index in [9.17, 15) is 22.8 Å². The van der Waals surface area contributed by atoms with Gasteiger partial charge in [0.05, 0.1) is 0 Å². The van der Waals surface area contributed by atoms with Crippen molar-refractivity contribution < 1.29 is 22.8 Å². The van der Waals surface area contributed by atoms with Gasteiger partial charge in [-0.05, 0) is 46.9 Å². The lowest BCUT2D eigenvalue weighted by Crippen LogP contribution is -2.40. The first kappa shape index (κ1) is 12.9. The fourth-order valence-electron chi connectivity index (χ4n) is 0.847. The van der Waals surface area contributed by atoms with Crippen LogP contribution in [0.2, 0.25) is 0 Å². The SMILES string of the molecule is O=C(NC(=O)C(F)(F)F)c1ccc(I)cc1. The lowest BCUT2D eigenvalue weighted by molar-refractivity contribution is -0.172. The average Bonchev–Trinajstić information content (AvgIpc) is 2.17. The molecule has 0 aliphatic rings. The summed E-state index contributed by atoms with van der Waals surface area (Å²) in [5.41, 5.74) is -0.00184. The van der Waals surface area contributed by atoms with E-state index in [0.29, 0.717) is 0 Å². The van der Waals surface area contributed by atoms with E-state index in [0.717, 1.165) is 3.57 Å². The molecule has 7 heteroatoms. The van der Waals surface area contributed by atoms with Gasteiger partial charge in [-0.25, -0.2) is 0 Å². The second kappa shape index (κ2) is 4.81. The Hall–Kier alpha value is -1.12. The topological polar surface area (TPSA) is 46.2 Å². The molecule has 1 rings (SSSR count). The number of carbonyl (C=O) groups excluding carboxylic acids is 2. The Morgan fingerprint density at radius 3 is 2.06 bits per heavy atom. The van der Waals surface area contributed by atoms with Gasteiger partial charge in [0, 0.05) is 9.13 Å². The highest BCUT2D eigenvalue weighted by Gasteiger charge is 2.39. The predicted octanol–water partition coefficient (Wildman–Crippen LogP) is 2.11. The molecule has 0 aromatic heterocycles. The summed E-state index contributed by atoms with van der Waals surface area (Å²) in [5, 5.41) is 1.25. The van der Waals surface area contributed by atoms with Gasteiger partial charge in [-0.3, -0.25) is 14.9 Å². The van der Waals surface area contributed by atoms with E-state index < -0.39 is 18.0 Å². The van der Waals surface area contributed by atoms with Crippen LogP contribution in [0.4, 0.5) is 13.2 Å². The van der Waals surface area contributed by atoms with Crippen molar-refractivity contribution in [1.29, 1.82) is 0 Å². The van der Waals surface area contributed by atoms with Gasteiger partial charge < -0.3 is 0 Å². The zero-order valence-electron chi connectivity index (χ0n) is 7.64. The van der Waals surface area contributed by atoms with Gasteiger partial charge in [0.2, 0.25) is 0 Å². The van der Waals surface area contributed by atoms with Crippen LogP contribution < -0.4 is 5.32 Å². The summed E-state index contributed by atoms with van der Waals surface area (Å²) in [6, 6.07) is 5.77. The maximum Gasteiger partial charge on any atom is 0.471 e. The van der Waals surface area contributed by atoms with Crippen LogP contribution >= 0.6 is 22.6 Å².